The normalized spacial score (nSPS) is 10.4. The van der Waals surface area contributed by atoms with E-state index in [0.29, 0.717) is 23.9 Å². The van der Waals surface area contributed by atoms with Gasteiger partial charge >= 0.3 is 0 Å². The highest BCUT2D eigenvalue weighted by Gasteiger charge is 2.16. The summed E-state index contributed by atoms with van der Waals surface area (Å²) in [6, 6.07) is 14.8. The molecule has 1 aromatic carbocycles. The van der Waals surface area contributed by atoms with Gasteiger partial charge in [-0.15, -0.1) is 0 Å². The standard InChI is InChI=1S/C18H18N4O2/c1-13-20-16(18(23)22(2)14-7-4-3-5-8-14)11-17(21-13)19-12-15-9-6-10-24-15/h3-11H,12H2,1-2H3,(H,19,20,21). The third-order valence-corrected chi connectivity index (χ3v) is 3.53. The van der Waals surface area contributed by atoms with Crippen LogP contribution in [0.4, 0.5) is 11.5 Å². The highest BCUT2D eigenvalue weighted by atomic mass is 16.3. The Morgan fingerprint density at radius 2 is 1.96 bits per heavy atom. The fourth-order valence-electron chi connectivity index (χ4n) is 2.30. The van der Waals surface area contributed by atoms with E-state index in [1.165, 1.54) is 0 Å². The highest BCUT2D eigenvalue weighted by molar-refractivity contribution is 6.04. The van der Waals surface area contributed by atoms with Crippen LogP contribution in [0.5, 0.6) is 0 Å². The number of hydrogen-bond acceptors (Lipinski definition) is 5. The molecule has 0 aliphatic carbocycles. The van der Waals surface area contributed by atoms with E-state index in [1.807, 2.05) is 42.5 Å². The van der Waals surface area contributed by atoms with Gasteiger partial charge in [0.25, 0.3) is 5.91 Å². The first-order valence-electron chi connectivity index (χ1n) is 7.58. The number of hydrogen-bond donors (Lipinski definition) is 1. The van der Waals surface area contributed by atoms with Crippen LogP contribution in [0.15, 0.2) is 59.2 Å². The van der Waals surface area contributed by atoms with Gasteiger partial charge in [0.05, 0.1) is 12.8 Å². The van der Waals surface area contributed by atoms with E-state index in [2.05, 4.69) is 15.3 Å². The third kappa shape index (κ3) is 3.60. The Morgan fingerprint density at radius 1 is 1.17 bits per heavy atom. The molecule has 0 bridgehead atoms. The number of para-hydroxylation sites is 1. The molecule has 6 heteroatoms. The lowest BCUT2D eigenvalue weighted by molar-refractivity contribution is 0.0988. The Morgan fingerprint density at radius 3 is 2.67 bits per heavy atom. The van der Waals surface area contributed by atoms with E-state index in [4.69, 9.17) is 4.42 Å². The molecule has 0 radical (unpaired) electrons. The van der Waals surface area contributed by atoms with Crippen molar-refractivity contribution in [2.75, 3.05) is 17.3 Å². The summed E-state index contributed by atoms with van der Waals surface area (Å²) >= 11 is 0. The fourth-order valence-corrected chi connectivity index (χ4v) is 2.30. The number of furan rings is 1. The Balaban J connectivity index is 1.78. The zero-order valence-corrected chi connectivity index (χ0v) is 13.6. The maximum Gasteiger partial charge on any atom is 0.276 e. The Labute approximate surface area is 140 Å². The van der Waals surface area contributed by atoms with Crippen LogP contribution in [0.2, 0.25) is 0 Å². The average Bonchev–Trinajstić information content (AvgIpc) is 3.12. The SMILES string of the molecule is Cc1nc(NCc2ccco2)cc(C(=O)N(C)c2ccccc2)n1. The maximum absolute atomic E-state index is 12.7. The van der Waals surface area contributed by atoms with Crippen molar-refractivity contribution in [3.63, 3.8) is 0 Å². The number of anilines is 2. The predicted octanol–water partition coefficient (Wildman–Crippen LogP) is 3.27. The molecule has 0 atom stereocenters. The maximum atomic E-state index is 12.7. The van der Waals surface area contributed by atoms with Crippen molar-refractivity contribution in [3.8, 4) is 0 Å². The largest absolute Gasteiger partial charge is 0.467 e. The molecule has 0 fully saturated rings. The molecule has 6 nitrogen and oxygen atoms in total. The number of nitrogens with zero attached hydrogens (tertiary/aromatic N) is 3. The summed E-state index contributed by atoms with van der Waals surface area (Å²) in [5.74, 6) is 1.72. The minimum atomic E-state index is -0.187. The average molecular weight is 322 g/mol. The number of carbonyl (C=O) groups excluding carboxylic acids is 1. The quantitative estimate of drug-likeness (QED) is 0.780. The molecule has 3 aromatic rings. The van der Waals surface area contributed by atoms with Crippen LogP contribution in [0, 0.1) is 6.92 Å². The number of benzene rings is 1. The van der Waals surface area contributed by atoms with Crippen LogP contribution < -0.4 is 10.2 Å². The molecule has 0 spiro atoms. The van der Waals surface area contributed by atoms with E-state index < -0.39 is 0 Å². The lowest BCUT2D eigenvalue weighted by Gasteiger charge is -2.17. The smallest absolute Gasteiger partial charge is 0.276 e. The number of carbonyl (C=O) groups is 1. The lowest BCUT2D eigenvalue weighted by Crippen LogP contribution is -2.27. The lowest BCUT2D eigenvalue weighted by atomic mass is 10.2. The van der Waals surface area contributed by atoms with Crippen LogP contribution in [0.1, 0.15) is 22.1 Å². The topological polar surface area (TPSA) is 71.3 Å². The second-order valence-electron chi connectivity index (χ2n) is 5.32. The zero-order valence-electron chi connectivity index (χ0n) is 13.6. The number of aromatic nitrogens is 2. The first-order chi connectivity index (χ1) is 11.6. The van der Waals surface area contributed by atoms with Crippen LogP contribution >= 0.6 is 0 Å². The molecule has 0 aliphatic rings. The number of nitrogens with one attached hydrogen (secondary N) is 1. The van der Waals surface area contributed by atoms with Gasteiger partial charge in [0, 0.05) is 18.8 Å². The molecule has 0 saturated heterocycles. The molecular weight excluding hydrogens is 304 g/mol. The molecule has 1 N–H and O–H groups in total. The van der Waals surface area contributed by atoms with Gasteiger partial charge in [-0.25, -0.2) is 9.97 Å². The van der Waals surface area contributed by atoms with Gasteiger partial charge in [-0.1, -0.05) is 18.2 Å². The van der Waals surface area contributed by atoms with Gasteiger partial charge in [-0.05, 0) is 31.2 Å². The van der Waals surface area contributed by atoms with Gasteiger partial charge in [0.1, 0.15) is 23.1 Å². The van der Waals surface area contributed by atoms with Crippen molar-refractivity contribution in [3.05, 3.63) is 72.1 Å². The van der Waals surface area contributed by atoms with E-state index in [0.717, 1.165) is 11.4 Å². The van der Waals surface area contributed by atoms with Crippen LogP contribution in [0.25, 0.3) is 0 Å². The van der Waals surface area contributed by atoms with Crippen molar-refractivity contribution in [2.45, 2.75) is 13.5 Å². The van der Waals surface area contributed by atoms with E-state index in [-0.39, 0.29) is 5.91 Å². The summed E-state index contributed by atoms with van der Waals surface area (Å²) in [6.07, 6.45) is 1.62. The fraction of sp³-hybridized carbons (Fsp3) is 0.167. The van der Waals surface area contributed by atoms with Crippen molar-refractivity contribution in [1.29, 1.82) is 0 Å². The molecule has 0 saturated carbocycles. The molecular formula is C18H18N4O2. The molecule has 2 aromatic heterocycles. The minimum absolute atomic E-state index is 0.187. The second kappa shape index (κ2) is 6.95. The van der Waals surface area contributed by atoms with E-state index >= 15 is 0 Å². The summed E-state index contributed by atoms with van der Waals surface area (Å²) in [7, 11) is 1.73. The van der Waals surface area contributed by atoms with Gasteiger partial charge < -0.3 is 14.6 Å². The summed E-state index contributed by atoms with van der Waals surface area (Å²) in [5, 5.41) is 3.15. The minimum Gasteiger partial charge on any atom is -0.467 e. The zero-order chi connectivity index (χ0) is 16.9. The molecule has 0 aliphatic heterocycles. The number of rotatable bonds is 5. The summed E-state index contributed by atoms with van der Waals surface area (Å²) < 4.78 is 5.28. The molecule has 122 valence electrons. The van der Waals surface area contributed by atoms with Crippen LogP contribution in [0.3, 0.4) is 0 Å². The van der Waals surface area contributed by atoms with Gasteiger partial charge in [0.2, 0.25) is 0 Å². The summed E-state index contributed by atoms with van der Waals surface area (Å²) in [5.41, 5.74) is 1.15. The van der Waals surface area contributed by atoms with Crippen molar-refractivity contribution >= 4 is 17.4 Å². The monoisotopic (exact) mass is 322 g/mol. The Hall–Kier alpha value is -3.15. The first kappa shape index (κ1) is 15.7. The van der Waals surface area contributed by atoms with E-state index in [9.17, 15) is 4.79 Å². The van der Waals surface area contributed by atoms with Gasteiger partial charge in [0.15, 0.2) is 0 Å². The second-order valence-corrected chi connectivity index (χ2v) is 5.32. The Kier molecular flexibility index (Phi) is 4.56. The summed E-state index contributed by atoms with van der Waals surface area (Å²) in [4.78, 5) is 22.8. The van der Waals surface area contributed by atoms with E-state index in [1.54, 1.807) is 31.2 Å². The van der Waals surface area contributed by atoms with Crippen LogP contribution in [-0.2, 0) is 6.54 Å². The first-order valence-corrected chi connectivity index (χ1v) is 7.58. The third-order valence-electron chi connectivity index (χ3n) is 3.53. The number of amides is 1. The predicted molar refractivity (Wildman–Crippen MR) is 92.0 cm³/mol. The molecule has 24 heavy (non-hydrogen) atoms. The molecule has 1 amide bonds. The highest BCUT2D eigenvalue weighted by Crippen LogP contribution is 2.16. The van der Waals surface area contributed by atoms with Crippen molar-refractivity contribution in [2.24, 2.45) is 0 Å². The number of aryl methyl sites for hydroxylation is 1. The van der Waals surface area contributed by atoms with Crippen molar-refractivity contribution in [1.82, 2.24) is 9.97 Å². The Bertz CT molecular complexity index is 816. The molecule has 3 rings (SSSR count). The molecule has 0 unspecified atom stereocenters. The summed E-state index contributed by atoms with van der Waals surface area (Å²) in [6.45, 7) is 2.25. The molecule has 2 heterocycles. The van der Waals surface area contributed by atoms with Gasteiger partial charge in [-0.3, -0.25) is 4.79 Å². The van der Waals surface area contributed by atoms with Crippen molar-refractivity contribution < 1.29 is 9.21 Å². The van der Waals surface area contributed by atoms with Gasteiger partial charge in [-0.2, -0.15) is 0 Å². The van der Waals surface area contributed by atoms with Crippen LogP contribution in [-0.4, -0.2) is 22.9 Å².